The summed E-state index contributed by atoms with van der Waals surface area (Å²) in [6.45, 7) is 6.93. The normalized spacial score (nSPS) is 18.6. The van der Waals surface area contributed by atoms with E-state index < -0.39 is 5.54 Å². The first-order valence-corrected chi connectivity index (χ1v) is 6.27. The Balaban J connectivity index is 2.54. The van der Waals surface area contributed by atoms with Crippen LogP contribution in [0.5, 0.6) is 0 Å². The van der Waals surface area contributed by atoms with Gasteiger partial charge in [0.2, 0.25) is 5.91 Å². The van der Waals surface area contributed by atoms with Crippen LogP contribution in [0.25, 0.3) is 0 Å². The standard InChI is InChI=1S/C13H19N5O/c1-9-10(8-14)11(17(5)15-9)18-7-6-16(4)12(19)13(18,2)3/h6-7H2,1-5H3. The van der Waals surface area contributed by atoms with Gasteiger partial charge >= 0.3 is 0 Å². The molecule has 1 fully saturated rings. The molecule has 6 heteroatoms. The number of piperazine rings is 1. The SMILES string of the molecule is Cc1nn(C)c(N2CCN(C)C(=O)C2(C)C)c1C#N. The Labute approximate surface area is 113 Å². The molecule has 1 amide bonds. The first-order valence-electron chi connectivity index (χ1n) is 6.27. The van der Waals surface area contributed by atoms with Gasteiger partial charge in [0.1, 0.15) is 23.0 Å². The van der Waals surface area contributed by atoms with Crippen LogP contribution in [-0.2, 0) is 11.8 Å². The molecule has 0 saturated carbocycles. The number of nitrogens with zero attached hydrogens (tertiary/aromatic N) is 5. The fourth-order valence-corrected chi connectivity index (χ4v) is 2.67. The number of aromatic nitrogens is 2. The summed E-state index contributed by atoms with van der Waals surface area (Å²) < 4.78 is 1.69. The van der Waals surface area contributed by atoms with Gasteiger partial charge in [-0.2, -0.15) is 10.4 Å². The van der Waals surface area contributed by atoms with Crippen molar-refractivity contribution in [2.24, 2.45) is 7.05 Å². The molecule has 2 heterocycles. The molecule has 0 radical (unpaired) electrons. The first kappa shape index (κ1) is 13.4. The van der Waals surface area contributed by atoms with Gasteiger partial charge in [0.05, 0.1) is 5.69 Å². The van der Waals surface area contributed by atoms with Crippen LogP contribution in [0.3, 0.4) is 0 Å². The Morgan fingerprint density at radius 2 is 1.95 bits per heavy atom. The topological polar surface area (TPSA) is 65.2 Å². The van der Waals surface area contributed by atoms with Gasteiger partial charge in [0, 0.05) is 27.2 Å². The molecule has 6 nitrogen and oxygen atoms in total. The summed E-state index contributed by atoms with van der Waals surface area (Å²) in [5.41, 5.74) is 0.578. The minimum absolute atomic E-state index is 0.0569. The zero-order valence-electron chi connectivity index (χ0n) is 12.1. The molecule has 0 N–H and O–H groups in total. The van der Waals surface area contributed by atoms with Crippen LogP contribution in [0, 0.1) is 18.3 Å². The van der Waals surface area contributed by atoms with Crippen molar-refractivity contribution in [1.29, 1.82) is 5.26 Å². The lowest BCUT2D eigenvalue weighted by Gasteiger charge is -2.45. The maximum atomic E-state index is 12.3. The fraction of sp³-hybridized carbons (Fsp3) is 0.615. The molecule has 0 atom stereocenters. The van der Waals surface area contributed by atoms with E-state index in [1.807, 2.05) is 32.7 Å². The van der Waals surface area contributed by atoms with Crippen molar-refractivity contribution in [2.45, 2.75) is 26.3 Å². The van der Waals surface area contributed by atoms with Gasteiger partial charge in [0.15, 0.2) is 0 Å². The quantitative estimate of drug-likeness (QED) is 0.745. The van der Waals surface area contributed by atoms with Crippen molar-refractivity contribution in [1.82, 2.24) is 14.7 Å². The summed E-state index contributed by atoms with van der Waals surface area (Å²) in [4.78, 5) is 16.0. The number of anilines is 1. The molecule has 0 aromatic carbocycles. The molecule has 0 bridgehead atoms. The maximum Gasteiger partial charge on any atom is 0.247 e. The fourth-order valence-electron chi connectivity index (χ4n) is 2.67. The van der Waals surface area contributed by atoms with Crippen molar-refractivity contribution in [3.05, 3.63) is 11.3 Å². The second-order valence-electron chi connectivity index (χ2n) is 5.46. The highest BCUT2D eigenvalue weighted by atomic mass is 16.2. The van der Waals surface area contributed by atoms with E-state index in [0.29, 0.717) is 24.3 Å². The van der Waals surface area contributed by atoms with Crippen LogP contribution in [0.15, 0.2) is 0 Å². The average molecular weight is 261 g/mol. The van der Waals surface area contributed by atoms with Gasteiger partial charge in [-0.25, -0.2) is 0 Å². The van der Waals surface area contributed by atoms with Crippen molar-refractivity contribution in [3.8, 4) is 6.07 Å². The summed E-state index contributed by atoms with van der Waals surface area (Å²) in [5, 5.41) is 13.6. The van der Waals surface area contributed by atoms with Gasteiger partial charge in [-0.1, -0.05) is 0 Å². The predicted molar refractivity (Wildman–Crippen MR) is 71.7 cm³/mol. The van der Waals surface area contributed by atoms with Gasteiger partial charge in [0.25, 0.3) is 0 Å². The Morgan fingerprint density at radius 1 is 1.32 bits per heavy atom. The second kappa shape index (κ2) is 4.26. The van der Waals surface area contributed by atoms with Crippen LogP contribution in [0.4, 0.5) is 5.82 Å². The number of amides is 1. The van der Waals surface area contributed by atoms with E-state index >= 15 is 0 Å². The zero-order valence-corrected chi connectivity index (χ0v) is 12.1. The van der Waals surface area contributed by atoms with Crippen molar-refractivity contribution < 1.29 is 4.79 Å². The molecule has 0 spiro atoms. The molecule has 1 aliphatic heterocycles. The lowest BCUT2D eigenvalue weighted by atomic mass is 9.97. The number of nitriles is 1. The molecule has 1 aromatic rings. The molecule has 102 valence electrons. The number of carbonyl (C=O) groups is 1. The molecule has 1 aromatic heterocycles. The van der Waals surface area contributed by atoms with Crippen LogP contribution < -0.4 is 4.90 Å². The Bertz CT molecular complexity index is 566. The molecule has 0 unspecified atom stereocenters. The highest BCUT2D eigenvalue weighted by molar-refractivity contribution is 5.90. The van der Waals surface area contributed by atoms with Gasteiger partial charge in [-0.15, -0.1) is 0 Å². The second-order valence-corrected chi connectivity index (χ2v) is 5.46. The molecular formula is C13H19N5O. The summed E-state index contributed by atoms with van der Waals surface area (Å²) in [6.07, 6.45) is 0. The van der Waals surface area contributed by atoms with Gasteiger partial charge in [-0.3, -0.25) is 9.48 Å². The van der Waals surface area contributed by atoms with E-state index in [9.17, 15) is 10.1 Å². The number of carbonyl (C=O) groups excluding carboxylic acids is 1. The third-order valence-corrected chi connectivity index (χ3v) is 3.76. The number of aryl methyl sites for hydroxylation is 2. The van der Waals surface area contributed by atoms with Gasteiger partial charge in [-0.05, 0) is 20.8 Å². The van der Waals surface area contributed by atoms with Crippen LogP contribution in [-0.4, -0.2) is 46.3 Å². The first-order chi connectivity index (χ1) is 8.80. The highest BCUT2D eigenvalue weighted by Crippen LogP contribution is 2.31. The predicted octanol–water partition coefficient (Wildman–Crippen LogP) is 0.657. The summed E-state index contributed by atoms with van der Waals surface area (Å²) in [7, 11) is 3.61. The largest absolute Gasteiger partial charge is 0.342 e. The van der Waals surface area contributed by atoms with E-state index in [2.05, 4.69) is 11.2 Å². The van der Waals surface area contributed by atoms with Crippen LogP contribution in [0.1, 0.15) is 25.1 Å². The zero-order chi connectivity index (χ0) is 14.4. The van der Waals surface area contributed by atoms with E-state index in [1.54, 1.807) is 16.6 Å². The van der Waals surface area contributed by atoms with Crippen molar-refractivity contribution >= 4 is 11.7 Å². The van der Waals surface area contributed by atoms with E-state index in [-0.39, 0.29) is 5.91 Å². The third kappa shape index (κ3) is 1.86. The number of rotatable bonds is 1. The highest BCUT2D eigenvalue weighted by Gasteiger charge is 2.42. The van der Waals surface area contributed by atoms with Gasteiger partial charge < -0.3 is 9.80 Å². The summed E-state index contributed by atoms with van der Waals surface area (Å²) in [5.74, 6) is 0.785. The summed E-state index contributed by atoms with van der Waals surface area (Å²) >= 11 is 0. The Morgan fingerprint density at radius 3 is 2.53 bits per heavy atom. The smallest absolute Gasteiger partial charge is 0.247 e. The Kier molecular flexibility index (Phi) is 3.01. The van der Waals surface area contributed by atoms with Crippen molar-refractivity contribution in [2.75, 3.05) is 25.0 Å². The van der Waals surface area contributed by atoms with Crippen LogP contribution in [0.2, 0.25) is 0 Å². The maximum absolute atomic E-state index is 12.3. The van der Waals surface area contributed by atoms with Crippen LogP contribution >= 0.6 is 0 Å². The minimum Gasteiger partial charge on any atom is -0.342 e. The lowest BCUT2D eigenvalue weighted by Crippen LogP contribution is -2.62. The van der Waals surface area contributed by atoms with E-state index in [0.717, 1.165) is 5.82 Å². The minimum atomic E-state index is -0.668. The average Bonchev–Trinajstić information content (AvgIpc) is 2.61. The number of likely N-dealkylation sites (N-methyl/N-ethyl adjacent to an activating group) is 1. The van der Waals surface area contributed by atoms with E-state index in [1.165, 1.54) is 0 Å². The number of hydrogen-bond acceptors (Lipinski definition) is 4. The van der Waals surface area contributed by atoms with Crippen molar-refractivity contribution in [3.63, 3.8) is 0 Å². The summed E-state index contributed by atoms with van der Waals surface area (Å²) in [6, 6.07) is 2.20. The molecule has 2 rings (SSSR count). The molecule has 0 aliphatic carbocycles. The monoisotopic (exact) mass is 261 g/mol. The molecule has 19 heavy (non-hydrogen) atoms. The molecule has 1 saturated heterocycles. The lowest BCUT2D eigenvalue weighted by molar-refractivity contribution is -0.136. The van der Waals surface area contributed by atoms with E-state index in [4.69, 9.17) is 0 Å². The molecule has 1 aliphatic rings. The Hall–Kier alpha value is -2.03. The third-order valence-electron chi connectivity index (χ3n) is 3.76. The number of hydrogen-bond donors (Lipinski definition) is 0. The molecular weight excluding hydrogens is 242 g/mol.